The van der Waals surface area contributed by atoms with Gasteiger partial charge in [-0.25, -0.2) is 0 Å². The predicted octanol–water partition coefficient (Wildman–Crippen LogP) is 0.801. The zero-order chi connectivity index (χ0) is 15.1. The van der Waals surface area contributed by atoms with E-state index in [1.165, 1.54) is 31.2 Å². The summed E-state index contributed by atoms with van der Waals surface area (Å²) in [4.78, 5) is 22.4. The topological polar surface area (TPSA) is 122 Å². The van der Waals surface area contributed by atoms with Crippen LogP contribution >= 0.6 is 0 Å². The number of benzene rings is 1. The number of carboxylic acid groups (broad SMARTS) is 1. The molecule has 0 spiro atoms. The number of carbonyl (C=O) groups is 2. The van der Waals surface area contributed by atoms with E-state index in [4.69, 9.17) is 15.5 Å². The molecule has 1 atom stereocenters. The van der Waals surface area contributed by atoms with E-state index in [1.807, 2.05) is 0 Å². The molecule has 1 rings (SSSR count). The van der Waals surface area contributed by atoms with Crippen LogP contribution in [0, 0.1) is 11.3 Å². The molecule has 1 aromatic carbocycles. The molecule has 1 unspecified atom stereocenters. The van der Waals surface area contributed by atoms with E-state index >= 15 is 0 Å². The van der Waals surface area contributed by atoms with E-state index in [9.17, 15) is 9.59 Å². The van der Waals surface area contributed by atoms with Crippen LogP contribution < -0.4 is 10.6 Å². The number of hydrogen-bond acceptors (Lipinski definition) is 5. The fourth-order valence-electron chi connectivity index (χ4n) is 1.17. The number of aromatic hydroxyl groups is 1. The summed E-state index contributed by atoms with van der Waals surface area (Å²) in [6.07, 6.45) is 1.05. The summed E-state index contributed by atoms with van der Waals surface area (Å²) in [6, 6.07) is 6.46. The van der Waals surface area contributed by atoms with Crippen molar-refractivity contribution in [2.75, 3.05) is 5.32 Å². The number of carboxylic acids is 1. The standard InChI is InChI=1S/C13H13N3O4/c1-8(13(19)20)15-7-9(6-14)12(18)16-10-2-4-11(17)5-3-10/h2-5,7-8,15,17H,1H3,(H,16,18)(H,19,20)/b9-7-. The van der Waals surface area contributed by atoms with Crippen molar-refractivity contribution in [2.45, 2.75) is 13.0 Å². The summed E-state index contributed by atoms with van der Waals surface area (Å²) in [7, 11) is 0. The Balaban J connectivity index is 2.73. The first kappa shape index (κ1) is 15.0. The molecular formula is C13H13N3O4. The first-order valence-electron chi connectivity index (χ1n) is 5.63. The van der Waals surface area contributed by atoms with E-state index in [0.29, 0.717) is 5.69 Å². The highest BCUT2D eigenvalue weighted by Crippen LogP contribution is 2.14. The van der Waals surface area contributed by atoms with Crippen molar-refractivity contribution in [3.8, 4) is 11.8 Å². The van der Waals surface area contributed by atoms with Gasteiger partial charge in [0.25, 0.3) is 5.91 Å². The third-order valence-electron chi connectivity index (χ3n) is 2.34. The van der Waals surface area contributed by atoms with Crippen molar-refractivity contribution in [2.24, 2.45) is 0 Å². The highest BCUT2D eigenvalue weighted by atomic mass is 16.4. The van der Waals surface area contributed by atoms with E-state index < -0.39 is 17.9 Å². The van der Waals surface area contributed by atoms with Crippen LogP contribution in [-0.2, 0) is 9.59 Å². The molecule has 1 amide bonds. The Hall–Kier alpha value is -3.01. The lowest BCUT2D eigenvalue weighted by Crippen LogP contribution is -2.30. The van der Waals surface area contributed by atoms with Gasteiger partial charge in [-0.3, -0.25) is 9.59 Å². The molecule has 4 N–H and O–H groups in total. The van der Waals surface area contributed by atoms with Crippen LogP contribution in [0.2, 0.25) is 0 Å². The largest absolute Gasteiger partial charge is 0.508 e. The zero-order valence-corrected chi connectivity index (χ0v) is 10.6. The third kappa shape index (κ3) is 4.34. The number of phenols is 1. The number of carbonyl (C=O) groups excluding carboxylic acids is 1. The molecule has 104 valence electrons. The van der Waals surface area contributed by atoms with Crippen LogP contribution in [-0.4, -0.2) is 28.1 Å². The van der Waals surface area contributed by atoms with Crippen LogP contribution in [0.3, 0.4) is 0 Å². The number of nitrogens with one attached hydrogen (secondary N) is 2. The Morgan fingerprint density at radius 2 is 1.95 bits per heavy atom. The lowest BCUT2D eigenvalue weighted by molar-refractivity contribution is -0.138. The minimum absolute atomic E-state index is 0.0518. The van der Waals surface area contributed by atoms with Gasteiger partial charge in [0.15, 0.2) is 0 Å². The van der Waals surface area contributed by atoms with Gasteiger partial charge in [-0.05, 0) is 31.2 Å². The second-order valence-corrected chi connectivity index (χ2v) is 3.90. The third-order valence-corrected chi connectivity index (χ3v) is 2.34. The van der Waals surface area contributed by atoms with Crippen LogP contribution in [0.1, 0.15) is 6.92 Å². The smallest absolute Gasteiger partial charge is 0.325 e. The summed E-state index contributed by atoms with van der Waals surface area (Å²) in [5, 5.41) is 31.5. The van der Waals surface area contributed by atoms with Gasteiger partial charge in [0.2, 0.25) is 0 Å². The summed E-state index contributed by atoms with van der Waals surface area (Å²) < 4.78 is 0. The first-order chi connectivity index (χ1) is 9.43. The molecule has 0 fully saturated rings. The highest BCUT2D eigenvalue weighted by Gasteiger charge is 2.12. The molecule has 0 aliphatic heterocycles. The maximum atomic E-state index is 11.8. The fraction of sp³-hybridized carbons (Fsp3) is 0.154. The number of nitrogens with zero attached hydrogens (tertiary/aromatic N) is 1. The van der Waals surface area contributed by atoms with Gasteiger partial charge in [0, 0.05) is 11.9 Å². The number of phenolic OH excluding ortho intramolecular Hbond substituents is 1. The summed E-state index contributed by atoms with van der Waals surface area (Å²) >= 11 is 0. The number of rotatable bonds is 5. The van der Waals surface area contributed by atoms with Crippen LogP contribution in [0.5, 0.6) is 5.75 Å². The maximum absolute atomic E-state index is 11.8. The van der Waals surface area contributed by atoms with Gasteiger partial charge in [-0.15, -0.1) is 0 Å². The van der Waals surface area contributed by atoms with Crippen molar-refractivity contribution < 1.29 is 19.8 Å². The molecule has 0 aliphatic carbocycles. The molecule has 1 aromatic rings. The predicted molar refractivity (Wildman–Crippen MR) is 70.7 cm³/mol. The minimum atomic E-state index is -1.10. The molecule has 0 saturated heterocycles. The van der Waals surface area contributed by atoms with Crippen LogP contribution in [0.25, 0.3) is 0 Å². The highest BCUT2D eigenvalue weighted by molar-refractivity contribution is 6.06. The summed E-state index contributed by atoms with van der Waals surface area (Å²) in [5.41, 5.74) is 0.145. The summed E-state index contributed by atoms with van der Waals surface area (Å²) in [5.74, 6) is -1.73. The maximum Gasteiger partial charge on any atom is 0.325 e. The zero-order valence-electron chi connectivity index (χ0n) is 10.6. The Kier molecular flexibility index (Phi) is 5.12. The Labute approximate surface area is 115 Å². The van der Waals surface area contributed by atoms with E-state index in [-0.39, 0.29) is 11.3 Å². The van der Waals surface area contributed by atoms with Crippen molar-refractivity contribution in [1.29, 1.82) is 5.26 Å². The molecule has 20 heavy (non-hydrogen) atoms. The van der Waals surface area contributed by atoms with Gasteiger partial charge >= 0.3 is 5.97 Å². The first-order valence-corrected chi connectivity index (χ1v) is 5.63. The Morgan fingerprint density at radius 3 is 2.45 bits per heavy atom. The summed E-state index contributed by atoms with van der Waals surface area (Å²) in [6.45, 7) is 1.38. The molecule has 0 aromatic heterocycles. The van der Waals surface area contributed by atoms with E-state index in [1.54, 1.807) is 6.07 Å². The number of hydrogen-bond donors (Lipinski definition) is 4. The minimum Gasteiger partial charge on any atom is -0.508 e. The average molecular weight is 275 g/mol. The fourth-order valence-corrected chi connectivity index (χ4v) is 1.17. The van der Waals surface area contributed by atoms with E-state index in [0.717, 1.165) is 6.20 Å². The second kappa shape index (κ2) is 6.80. The van der Waals surface area contributed by atoms with Crippen molar-refractivity contribution in [3.63, 3.8) is 0 Å². The van der Waals surface area contributed by atoms with Crippen molar-refractivity contribution in [1.82, 2.24) is 5.32 Å². The molecule has 0 bridgehead atoms. The van der Waals surface area contributed by atoms with Crippen molar-refractivity contribution in [3.05, 3.63) is 36.0 Å². The molecular weight excluding hydrogens is 262 g/mol. The molecule has 0 radical (unpaired) electrons. The van der Waals surface area contributed by atoms with Crippen LogP contribution in [0.4, 0.5) is 5.69 Å². The van der Waals surface area contributed by atoms with Gasteiger partial charge < -0.3 is 20.8 Å². The van der Waals surface area contributed by atoms with Crippen LogP contribution in [0.15, 0.2) is 36.0 Å². The van der Waals surface area contributed by atoms with Gasteiger partial charge in [-0.1, -0.05) is 0 Å². The van der Waals surface area contributed by atoms with Gasteiger partial charge in [-0.2, -0.15) is 5.26 Å². The number of aliphatic carboxylic acids is 1. The quantitative estimate of drug-likeness (QED) is 0.358. The number of nitriles is 1. The molecule has 7 nitrogen and oxygen atoms in total. The van der Waals surface area contributed by atoms with Gasteiger partial charge in [0.1, 0.15) is 23.4 Å². The van der Waals surface area contributed by atoms with Gasteiger partial charge in [0.05, 0.1) is 0 Å². The van der Waals surface area contributed by atoms with Crippen molar-refractivity contribution >= 4 is 17.6 Å². The Morgan fingerprint density at radius 1 is 1.35 bits per heavy atom. The monoisotopic (exact) mass is 275 g/mol. The van der Waals surface area contributed by atoms with E-state index in [2.05, 4.69) is 10.6 Å². The SMILES string of the molecule is CC(N/C=C(/C#N)C(=O)Nc1ccc(O)cc1)C(=O)O. The number of anilines is 1. The molecule has 7 heteroatoms. The molecule has 0 saturated carbocycles. The molecule has 0 heterocycles. The lowest BCUT2D eigenvalue weighted by atomic mass is 10.2. The molecule has 0 aliphatic rings. The second-order valence-electron chi connectivity index (χ2n) is 3.90. The average Bonchev–Trinajstić information content (AvgIpc) is 2.41. The number of amides is 1. The Bertz CT molecular complexity index is 572. The lowest BCUT2D eigenvalue weighted by Gasteiger charge is -2.07. The normalized spacial score (nSPS) is 12.1.